The van der Waals surface area contributed by atoms with Gasteiger partial charge >= 0.3 is 22.4 Å². The van der Waals surface area contributed by atoms with Gasteiger partial charge < -0.3 is 14.9 Å². The quantitative estimate of drug-likeness (QED) is 0.296. The second-order valence-electron chi connectivity index (χ2n) is 8.69. The molecular formula is C18H45Si2Ta-2. The Morgan fingerprint density at radius 3 is 0.810 bits per heavy atom. The SMILES string of the molecule is C[Si](C)(C)C1CCCC1.C[Si](C)(C)C1CCCC1.[CH3-].[CH3-].[TaH3]. The van der Waals surface area contributed by atoms with Gasteiger partial charge in [0.05, 0.1) is 0 Å². The van der Waals surface area contributed by atoms with Crippen molar-refractivity contribution in [1.82, 2.24) is 0 Å². The summed E-state index contributed by atoms with van der Waals surface area (Å²) in [6.45, 7) is 15.0. The van der Waals surface area contributed by atoms with E-state index in [4.69, 9.17) is 0 Å². The molecule has 0 amide bonds. The summed E-state index contributed by atoms with van der Waals surface area (Å²) in [4.78, 5) is 0. The third kappa shape index (κ3) is 10.5. The molecule has 2 rings (SSSR count). The third-order valence-corrected chi connectivity index (χ3v) is 11.2. The van der Waals surface area contributed by atoms with E-state index < -0.39 is 16.1 Å². The first-order chi connectivity index (χ1) is 8.21. The van der Waals surface area contributed by atoms with Crippen LogP contribution in [0.3, 0.4) is 0 Å². The first-order valence-corrected chi connectivity index (χ1v) is 15.4. The molecule has 3 heteroatoms. The molecule has 2 fully saturated rings. The molecule has 0 N–H and O–H groups in total. The van der Waals surface area contributed by atoms with Crippen LogP contribution >= 0.6 is 0 Å². The van der Waals surface area contributed by atoms with Gasteiger partial charge in [0, 0.05) is 16.1 Å². The fourth-order valence-electron chi connectivity index (χ4n) is 3.58. The molecule has 0 unspecified atom stereocenters. The van der Waals surface area contributed by atoms with Crippen LogP contribution in [-0.2, 0) is 22.4 Å². The van der Waals surface area contributed by atoms with E-state index in [1.165, 1.54) is 51.4 Å². The van der Waals surface area contributed by atoms with Crippen LogP contribution in [0.15, 0.2) is 0 Å². The number of hydrogen-bond donors (Lipinski definition) is 0. The summed E-state index contributed by atoms with van der Waals surface area (Å²) in [6, 6.07) is 0. The van der Waals surface area contributed by atoms with Crippen LogP contribution in [0.4, 0.5) is 0 Å². The van der Waals surface area contributed by atoms with E-state index in [1.54, 1.807) is 0 Å². The minimum atomic E-state index is -0.724. The maximum absolute atomic E-state index is 2.50. The average molecular weight is 499 g/mol. The summed E-state index contributed by atoms with van der Waals surface area (Å²) in [5.41, 5.74) is 2.30. The van der Waals surface area contributed by atoms with Gasteiger partial charge in [0.25, 0.3) is 0 Å². The van der Waals surface area contributed by atoms with E-state index in [2.05, 4.69) is 39.3 Å². The molecule has 2 aliphatic rings. The predicted molar refractivity (Wildman–Crippen MR) is 108 cm³/mol. The van der Waals surface area contributed by atoms with E-state index in [1.807, 2.05) is 0 Å². The predicted octanol–water partition coefficient (Wildman–Crippen LogP) is 6.63. The summed E-state index contributed by atoms with van der Waals surface area (Å²) >= 11 is 0. The van der Waals surface area contributed by atoms with Crippen molar-refractivity contribution in [3.63, 3.8) is 0 Å². The van der Waals surface area contributed by atoms with Crippen molar-refractivity contribution in [3.05, 3.63) is 14.9 Å². The van der Waals surface area contributed by atoms with Crippen molar-refractivity contribution in [3.8, 4) is 0 Å². The summed E-state index contributed by atoms with van der Waals surface area (Å²) < 4.78 is 0. The molecule has 0 atom stereocenters. The summed E-state index contributed by atoms with van der Waals surface area (Å²) in [7, 11) is -1.45. The number of rotatable bonds is 2. The molecule has 2 saturated carbocycles. The minimum absolute atomic E-state index is 0. The van der Waals surface area contributed by atoms with Gasteiger partial charge in [0.15, 0.2) is 0 Å². The molecule has 0 nitrogen and oxygen atoms in total. The van der Waals surface area contributed by atoms with Gasteiger partial charge in [-0.15, -0.1) is 0 Å². The molecule has 0 aromatic rings. The Morgan fingerprint density at radius 2 is 0.714 bits per heavy atom. The summed E-state index contributed by atoms with van der Waals surface area (Å²) in [6.07, 6.45) is 12.2. The Hall–Kier alpha value is 1.17. The topological polar surface area (TPSA) is 0 Å². The van der Waals surface area contributed by atoms with Gasteiger partial charge in [-0.25, -0.2) is 0 Å². The van der Waals surface area contributed by atoms with E-state index >= 15 is 0 Å². The van der Waals surface area contributed by atoms with Crippen molar-refractivity contribution >= 4 is 16.1 Å². The molecular weight excluding hydrogens is 453 g/mol. The first-order valence-electron chi connectivity index (χ1n) is 8.21. The molecule has 2 aliphatic carbocycles. The normalized spacial score (nSPS) is 19.7. The zero-order valence-corrected chi connectivity index (χ0v) is 23.6. The molecule has 0 aliphatic heterocycles. The summed E-state index contributed by atoms with van der Waals surface area (Å²) in [5.74, 6) is 0. The Morgan fingerprint density at radius 1 is 0.524 bits per heavy atom. The molecule has 0 spiro atoms. The van der Waals surface area contributed by atoms with Gasteiger partial charge in [0.2, 0.25) is 0 Å². The fourth-order valence-corrected chi connectivity index (χ4v) is 7.86. The van der Waals surface area contributed by atoms with E-state index in [9.17, 15) is 0 Å². The van der Waals surface area contributed by atoms with Gasteiger partial charge in [-0.05, 0) is 11.1 Å². The van der Waals surface area contributed by atoms with Crippen LogP contribution < -0.4 is 0 Å². The molecule has 0 saturated heterocycles. The van der Waals surface area contributed by atoms with Crippen molar-refractivity contribution < 1.29 is 22.4 Å². The van der Waals surface area contributed by atoms with Crippen molar-refractivity contribution in [2.75, 3.05) is 0 Å². The van der Waals surface area contributed by atoms with Crippen molar-refractivity contribution in [1.29, 1.82) is 0 Å². The molecule has 0 aromatic heterocycles. The monoisotopic (exact) mass is 498 g/mol. The van der Waals surface area contributed by atoms with E-state index in [0.29, 0.717) is 0 Å². The van der Waals surface area contributed by atoms with Crippen LogP contribution in [0.25, 0.3) is 0 Å². The van der Waals surface area contributed by atoms with Crippen LogP contribution in [0.2, 0.25) is 50.4 Å². The zero-order chi connectivity index (χ0) is 13.8. The Balaban J connectivity index is -0.000000270. The van der Waals surface area contributed by atoms with Crippen LogP contribution in [-0.4, -0.2) is 16.1 Å². The average Bonchev–Trinajstić information content (AvgIpc) is 2.91. The Labute approximate surface area is 154 Å². The molecule has 132 valence electrons. The zero-order valence-electron chi connectivity index (χ0n) is 16.5. The summed E-state index contributed by atoms with van der Waals surface area (Å²) in [5, 5.41) is 0. The van der Waals surface area contributed by atoms with Crippen LogP contribution in [0, 0.1) is 14.9 Å². The van der Waals surface area contributed by atoms with Gasteiger partial charge in [-0.1, -0.05) is 90.6 Å². The second kappa shape index (κ2) is 11.7. The molecule has 1 radical (unpaired) electrons. The third-order valence-electron chi connectivity index (χ3n) is 5.16. The molecule has 0 bridgehead atoms. The van der Waals surface area contributed by atoms with Crippen molar-refractivity contribution in [2.45, 2.75) is 102 Å². The molecule has 0 heterocycles. The fraction of sp³-hybridized carbons (Fsp3) is 0.889. The van der Waals surface area contributed by atoms with Crippen molar-refractivity contribution in [2.24, 2.45) is 0 Å². The van der Waals surface area contributed by atoms with E-state index in [-0.39, 0.29) is 37.2 Å². The Bertz CT molecular complexity index is 203. The van der Waals surface area contributed by atoms with Gasteiger partial charge in [0.1, 0.15) is 0 Å². The molecule has 0 aromatic carbocycles. The van der Waals surface area contributed by atoms with Crippen LogP contribution in [0.5, 0.6) is 0 Å². The maximum atomic E-state index is 2.50. The second-order valence-corrected chi connectivity index (χ2v) is 19.8. The Kier molecular flexibility index (Phi) is 15.0. The standard InChI is InChI=1S/2C8H18Si.2CH3.Ta.3H/c2*1-9(2,3)8-6-4-5-7-8;;;;;;/h2*8H,4-7H2,1-3H3;2*1H3;;;;/q;;2*-1;;;;. The molecule has 21 heavy (non-hydrogen) atoms. The first kappa shape index (κ1) is 27.0. The van der Waals surface area contributed by atoms with E-state index in [0.717, 1.165) is 11.1 Å². The van der Waals surface area contributed by atoms with Crippen LogP contribution in [0.1, 0.15) is 51.4 Å². The van der Waals surface area contributed by atoms with Gasteiger partial charge in [-0.3, -0.25) is 0 Å². The number of hydrogen-bond acceptors (Lipinski definition) is 0. The van der Waals surface area contributed by atoms with Gasteiger partial charge in [-0.2, -0.15) is 0 Å².